The Labute approximate surface area is 84.7 Å². The van der Waals surface area contributed by atoms with E-state index in [1.165, 1.54) is 0 Å². The van der Waals surface area contributed by atoms with Crippen LogP contribution in [-0.2, 0) is 11.3 Å². The number of methoxy groups -OCH3 is 1. The summed E-state index contributed by atoms with van der Waals surface area (Å²) in [4.78, 5) is 8.26. The number of hydrogen-bond donors (Lipinski definition) is 1. The van der Waals surface area contributed by atoms with Crippen molar-refractivity contribution in [3.63, 3.8) is 0 Å². The van der Waals surface area contributed by atoms with Crippen LogP contribution >= 0.6 is 0 Å². The van der Waals surface area contributed by atoms with Crippen LogP contribution in [0.25, 0.3) is 0 Å². The van der Waals surface area contributed by atoms with Crippen molar-refractivity contribution in [3.8, 4) is 0 Å². The van der Waals surface area contributed by atoms with E-state index in [0.29, 0.717) is 12.6 Å². The molecule has 0 radical (unpaired) electrons. The zero-order valence-electron chi connectivity index (χ0n) is 8.73. The molecule has 0 aliphatic heterocycles. The fraction of sp³-hybridized carbons (Fsp3) is 0.600. The minimum absolute atomic E-state index is 0.379. The summed E-state index contributed by atoms with van der Waals surface area (Å²) >= 11 is 0. The van der Waals surface area contributed by atoms with Crippen molar-refractivity contribution in [2.75, 3.05) is 13.7 Å². The van der Waals surface area contributed by atoms with Crippen molar-refractivity contribution in [2.45, 2.75) is 25.9 Å². The molecule has 1 aromatic heterocycles. The first-order valence-electron chi connectivity index (χ1n) is 4.85. The molecular weight excluding hydrogens is 178 g/mol. The van der Waals surface area contributed by atoms with Crippen LogP contribution in [0.2, 0.25) is 0 Å². The van der Waals surface area contributed by atoms with Gasteiger partial charge in [0, 0.05) is 25.5 Å². The first kappa shape index (κ1) is 11.1. The summed E-state index contributed by atoms with van der Waals surface area (Å²) in [7, 11) is 1.71. The van der Waals surface area contributed by atoms with Crippen molar-refractivity contribution in [1.29, 1.82) is 0 Å². The Morgan fingerprint density at radius 1 is 1.43 bits per heavy atom. The monoisotopic (exact) mass is 195 g/mol. The molecule has 78 valence electrons. The maximum Gasteiger partial charge on any atom is 0.141 e. The Hall–Kier alpha value is -1.00. The number of nitrogens with one attached hydrogen (secondary N) is 1. The van der Waals surface area contributed by atoms with Gasteiger partial charge in [-0.3, -0.25) is 0 Å². The number of nitrogens with zero attached hydrogens (tertiary/aromatic N) is 2. The lowest BCUT2D eigenvalue weighted by Crippen LogP contribution is -2.32. The third kappa shape index (κ3) is 3.81. The van der Waals surface area contributed by atoms with Gasteiger partial charge in [-0.05, 0) is 12.5 Å². The van der Waals surface area contributed by atoms with Crippen LogP contribution in [0.5, 0.6) is 0 Å². The average Bonchev–Trinajstić information content (AvgIpc) is 2.25. The number of aromatic nitrogens is 2. The van der Waals surface area contributed by atoms with Gasteiger partial charge in [-0.25, -0.2) is 9.97 Å². The van der Waals surface area contributed by atoms with E-state index in [0.717, 1.165) is 18.9 Å². The summed E-state index contributed by atoms with van der Waals surface area (Å²) in [5.74, 6) is 0.821. The van der Waals surface area contributed by atoms with E-state index < -0.39 is 0 Å². The molecule has 1 N–H and O–H groups in total. The predicted molar refractivity (Wildman–Crippen MR) is 54.8 cm³/mol. The topological polar surface area (TPSA) is 47.0 Å². The molecule has 0 spiro atoms. The van der Waals surface area contributed by atoms with Crippen molar-refractivity contribution in [2.24, 2.45) is 0 Å². The van der Waals surface area contributed by atoms with Gasteiger partial charge in [0.25, 0.3) is 0 Å². The Morgan fingerprint density at radius 2 is 2.14 bits per heavy atom. The lowest BCUT2D eigenvalue weighted by atomic mass is 10.2. The quantitative estimate of drug-likeness (QED) is 0.735. The first-order valence-corrected chi connectivity index (χ1v) is 4.85. The lowest BCUT2D eigenvalue weighted by Gasteiger charge is -2.14. The largest absolute Gasteiger partial charge is 0.383 e. The average molecular weight is 195 g/mol. The fourth-order valence-electron chi connectivity index (χ4n) is 1.18. The number of rotatable bonds is 6. The summed E-state index contributed by atoms with van der Waals surface area (Å²) in [6.07, 6.45) is 4.54. The highest BCUT2D eigenvalue weighted by atomic mass is 16.5. The Balaban J connectivity index is 2.32. The summed E-state index contributed by atoms with van der Waals surface area (Å²) in [6.45, 7) is 3.55. The maximum absolute atomic E-state index is 5.08. The molecule has 0 saturated carbocycles. The van der Waals surface area contributed by atoms with Gasteiger partial charge < -0.3 is 10.1 Å². The van der Waals surface area contributed by atoms with Gasteiger partial charge in [-0.2, -0.15) is 0 Å². The predicted octanol–water partition coefficient (Wildman–Crippen LogP) is 0.991. The third-order valence-corrected chi connectivity index (χ3v) is 2.03. The van der Waals surface area contributed by atoms with Crippen molar-refractivity contribution in [1.82, 2.24) is 15.3 Å². The second kappa shape index (κ2) is 6.45. The van der Waals surface area contributed by atoms with Crippen LogP contribution in [0.1, 0.15) is 19.2 Å². The molecule has 4 heteroatoms. The molecule has 0 amide bonds. The van der Waals surface area contributed by atoms with Crippen LogP contribution in [0.4, 0.5) is 0 Å². The Kier molecular flexibility index (Phi) is 5.11. The second-order valence-corrected chi connectivity index (χ2v) is 3.11. The van der Waals surface area contributed by atoms with Gasteiger partial charge in [0.05, 0.1) is 13.2 Å². The van der Waals surface area contributed by atoms with E-state index in [2.05, 4.69) is 22.2 Å². The molecule has 1 rings (SSSR count). The van der Waals surface area contributed by atoms with Crippen LogP contribution in [0, 0.1) is 0 Å². The Bertz CT molecular complexity index is 240. The first-order chi connectivity index (χ1) is 6.86. The molecule has 1 heterocycles. The van der Waals surface area contributed by atoms with Crippen molar-refractivity contribution < 1.29 is 4.74 Å². The standard InChI is InChI=1S/C10H17N3O/c1-3-9(8-14-2)13-7-10-11-5-4-6-12-10/h4-6,9,13H,3,7-8H2,1-2H3. The van der Waals surface area contributed by atoms with Gasteiger partial charge in [0.1, 0.15) is 5.82 Å². The molecule has 14 heavy (non-hydrogen) atoms. The van der Waals surface area contributed by atoms with E-state index in [9.17, 15) is 0 Å². The molecular formula is C10H17N3O. The van der Waals surface area contributed by atoms with E-state index in [1.807, 2.05) is 6.07 Å². The molecule has 0 aliphatic rings. The van der Waals surface area contributed by atoms with Gasteiger partial charge in [-0.1, -0.05) is 6.92 Å². The smallest absolute Gasteiger partial charge is 0.141 e. The van der Waals surface area contributed by atoms with Crippen LogP contribution < -0.4 is 5.32 Å². The molecule has 0 saturated heterocycles. The molecule has 0 fully saturated rings. The zero-order valence-corrected chi connectivity index (χ0v) is 8.73. The third-order valence-electron chi connectivity index (χ3n) is 2.03. The molecule has 0 aliphatic carbocycles. The van der Waals surface area contributed by atoms with Crippen LogP contribution in [0.3, 0.4) is 0 Å². The van der Waals surface area contributed by atoms with Crippen LogP contribution in [0.15, 0.2) is 18.5 Å². The fourth-order valence-corrected chi connectivity index (χ4v) is 1.18. The summed E-state index contributed by atoms with van der Waals surface area (Å²) in [6, 6.07) is 2.19. The minimum Gasteiger partial charge on any atom is -0.383 e. The van der Waals surface area contributed by atoms with Crippen LogP contribution in [-0.4, -0.2) is 29.7 Å². The van der Waals surface area contributed by atoms with Gasteiger partial charge in [-0.15, -0.1) is 0 Å². The number of ether oxygens (including phenoxy) is 1. The summed E-state index contributed by atoms with van der Waals surface area (Å²) in [5, 5.41) is 3.34. The summed E-state index contributed by atoms with van der Waals surface area (Å²) in [5.41, 5.74) is 0. The van der Waals surface area contributed by atoms with Gasteiger partial charge >= 0.3 is 0 Å². The van der Waals surface area contributed by atoms with Gasteiger partial charge in [0.15, 0.2) is 0 Å². The number of hydrogen-bond acceptors (Lipinski definition) is 4. The molecule has 0 aromatic carbocycles. The maximum atomic E-state index is 5.08. The van der Waals surface area contributed by atoms with Crippen molar-refractivity contribution >= 4 is 0 Å². The molecule has 1 unspecified atom stereocenters. The summed E-state index contributed by atoms with van der Waals surface area (Å²) < 4.78 is 5.08. The van der Waals surface area contributed by atoms with Crippen molar-refractivity contribution in [3.05, 3.63) is 24.3 Å². The van der Waals surface area contributed by atoms with E-state index in [1.54, 1.807) is 19.5 Å². The second-order valence-electron chi connectivity index (χ2n) is 3.11. The highest BCUT2D eigenvalue weighted by molar-refractivity contribution is 4.88. The minimum atomic E-state index is 0.379. The van der Waals surface area contributed by atoms with Gasteiger partial charge in [0.2, 0.25) is 0 Å². The molecule has 0 bridgehead atoms. The van der Waals surface area contributed by atoms with E-state index >= 15 is 0 Å². The molecule has 4 nitrogen and oxygen atoms in total. The SMILES string of the molecule is CCC(COC)NCc1ncccn1. The highest BCUT2D eigenvalue weighted by Gasteiger charge is 2.04. The highest BCUT2D eigenvalue weighted by Crippen LogP contribution is 1.94. The normalized spacial score (nSPS) is 12.7. The van der Waals surface area contributed by atoms with E-state index in [-0.39, 0.29) is 0 Å². The zero-order chi connectivity index (χ0) is 10.2. The molecule has 1 atom stereocenters. The van der Waals surface area contributed by atoms with E-state index in [4.69, 9.17) is 4.74 Å². The molecule has 1 aromatic rings. The lowest BCUT2D eigenvalue weighted by molar-refractivity contribution is 0.163. The Morgan fingerprint density at radius 3 is 2.71 bits per heavy atom.